The van der Waals surface area contributed by atoms with Crippen LogP contribution in [0.25, 0.3) is 0 Å². The van der Waals surface area contributed by atoms with Crippen LogP contribution in [0.2, 0.25) is 0 Å². The Morgan fingerprint density at radius 3 is 2.06 bits per heavy atom. The van der Waals surface area contributed by atoms with Gasteiger partial charge >= 0.3 is 6.61 Å². The number of alkyl halides is 2. The second-order valence-electron chi connectivity index (χ2n) is 7.74. The zero-order valence-corrected chi connectivity index (χ0v) is 21.6. The molecule has 0 unspecified atom stereocenters. The molecule has 0 radical (unpaired) electrons. The number of ether oxygens (including phenoxy) is 1. The van der Waals surface area contributed by atoms with Crippen LogP contribution in [0, 0.1) is 0 Å². The van der Waals surface area contributed by atoms with E-state index in [9.17, 15) is 8.78 Å². The maximum absolute atomic E-state index is 12.6. The third-order valence-corrected chi connectivity index (χ3v) is 5.73. The van der Waals surface area contributed by atoms with Gasteiger partial charge in [0, 0.05) is 58.4 Å². The first-order chi connectivity index (χ1) is 15.6. The quantitative estimate of drug-likeness (QED) is 0.271. The molecule has 1 fully saturated rings. The van der Waals surface area contributed by atoms with Crippen LogP contribution in [0.1, 0.15) is 23.6 Å². The Labute approximate surface area is 212 Å². The molecular weight excluding hydrogens is 539 g/mol. The van der Waals surface area contributed by atoms with Crippen molar-refractivity contribution < 1.29 is 13.5 Å². The minimum absolute atomic E-state index is 0. The van der Waals surface area contributed by atoms with Gasteiger partial charge in [-0.15, -0.1) is 24.0 Å². The second-order valence-corrected chi connectivity index (χ2v) is 7.74. The van der Waals surface area contributed by atoms with E-state index in [1.165, 1.54) is 17.2 Å². The van der Waals surface area contributed by atoms with Crippen LogP contribution >= 0.6 is 24.0 Å². The lowest BCUT2D eigenvalue weighted by molar-refractivity contribution is -0.0504. The molecule has 182 valence electrons. The van der Waals surface area contributed by atoms with Crippen molar-refractivity contribution >= 4 is 29.9 Å². The fraction of sp³-hybridized carbons (Fsp3) is 0.458. The van der Waals surface area contributed by atoms with Crippen molar-refractivity contribution in [1.82, 2.24) is 20.4 Å². The van der Waals surface area contributed by atoms with E-state index in [1.807, 2.05) is 6.07 Å². The molecule has 9 heteroatoms. The van der Waals surface area contributed by atoms with Crippen LogP contribution < -0.4 is 15.4 Å². The number of benzene rings is 2. The molecule has 0 aliphatic carbocycles. The van der Waals surface area contributed by atoms with Crippen LogP contribution in [-0.2, 0) is 19.6 Å². The van der Waals surface area contributed by atoms with Gasteiger partial charge in [0.25, 0.3) is 0 Å². The van der Waals surface area contributed by atoms with E-state index in [-0.39, 0.29) is 29.7 Å². The highest BCUT2D eigenvalue weighted by atomic mass is 127. The van der Waals surface area contributed by atoms with Gasteiger partial charge in [0.2, 0.25) is 0 Å². The lowest BCUT2D eigenvalue weighted by Crippen LogP contribution is -2.45. The molecule has 0 atom stereocenters. The highest BCUT2D eigenvalue weighted by Crippen LogP contribution is 2.20. The first-order valence-electron chi connectivity index (χ1n) is 11.1. The standard InChI is InChI=1S/C24H33F2N5O.HI/c1-3-30-12-14-31(15-13-30)18-21-10-5-4-8-19(21)16-28-24(27-2)29-17-20-9-6-7-11-22(20)32-23(25)26;/h4-11,23H,3,12-18H2,1-2H3,(H2,27,28,29);1H. The summed E-state index contributed by atoms with van der Waals surface area (Å²) in [5.41, 5.74) is 3.16. The Balaban J connectivity index is 0.00000385. The summed E-state index contributed by atoms with van der Waals surface area (Å²) in [6, 6.07) is 15.2. The fourth-order valence-corrected chi connectivity index (χ4v) is 3.83. The van der Waals surface area contributed by atoms with Gasteiger partial charge in [-0.3, -0.25) is 9.89 Å². The van der Waals surface area contributed by atoms with Crippen molar-refractivity contribution in [3.8, 4) is 5.75 Å². The van der Waals surface area contributed by atoms with E-state index in [4.69, 9.17) is 0 Å². The lowest BCUT2D eigenvalue weighted by atomic mass is 10.1. The molecular formula is C24H34F2IN5O. The number of rotatable bonds is 9. The van der Waals surface area contributed by atoms with Gasteiger partial charge in [-0.05, 0) is 23.7 Å². The van der Waals surface area contributed by atoms with E-state index in [1.54, 1.807) is 25.2 Å². The van der Waals surface area contributed by atoms with E-state index >= 15 is 0 Å². The molecule has 0 spiro atoms. The molecule has 1 aliphatic heterocycles. The van der Waals surface area contributed by atoms with Crippen LogP contribution in [0.3, 0.4) is 0 Å². The molecule has 1 aliphatic rings. The summed E-state index contributed by atoms with van der Waals surface area (Å²) in [4.78, 5) is 9.24. The summed E-state index contributed by atoms with van der Waals surface area (Å²) < 4.78 is 29.9. The monoisotopic (exact) mass is 573 g/mol. The zero-order chi connectivity index (χ0) is 22.8. The van der Waals surface area contributed by atoms with Crippen molar-refractivity contribution in [2.24, 2.45) is 4.99 Å². The predicted octanol–water partition coefficient (Wildman–Crippen LogP) is 3.91. The van der Waals surface area contributed by atoms with E-state index < -0.39 is 6.61 Å². The Bertz CT molecular complexity index is 875. The minimum atomic E-state index is -2.85. The Morgan fingerprint density at radius 2 is 1.45 bits per heavy atom. The predicted molar refractivity (Wildman–Crippen MR) is 139 cm³/mol. The Hall–Kier alpha value is -1.98. The summed E-state index contributed by atoms with van der Waals surface area (Å²) in [6.07, 6.45) is 0. The molecule has 0 saturated carbocycles. The Morgan fingerprint density at radius 1 is 0.909 bits per heavy atom. The summed E-state index contributed by atoms with van der Waals surface area (Å²) in [6.45, 7) is 6.74. The highest BCUT2D eigenvalue weighted by Gasteiger charge is 2.16. The van der Waals surface area contributed by atoms with E-state index in [2.05, 4.69) is 55.3 Å². The number of piperazine rings is 1. The fourth-order valence-electron chi connectivity index (χ4n) is 3.83. The third kappa shape index (κ3) is 8.71. The van der Waals surface area contributed by atoms with Gasteiger partial charge in [-0.2, -0.15) is 8.78 Å². The molecule has 2 N–H and O–H groups in total. The largest absolute Gasteiger partial charge is 0.434 e. The zero-order valence-electron chi connectivity index (χ0n) is 19.3. The summed E-state index contributed by atoms with van der Waals surface area (Å²) in [5.74, 6) is 0.766. The first-order valence-corrected chi connectivity index (χ1v) is 11.1. The normalized spacial score (nSPS) is 15.2. The van der Waals surface area contributed by atoms with Gasteiger partial charge in [0.05, 0.1) is 0 Å². The molecule has 2 aromatic rings. The number of aliphatic imine (C=N–C) groups is 1. The minimum Gasteiger partial charge on any atom is -0.434 e. The lowest BCUT2D eigenvalue weighted by Gasteiger charge is -2.34. The van der Waals surface area contributed by atoms with Gasteiger partial charge in [-0.25, -0.2) is 0 Å². The second kappa shape index (κ2) is 14.3. The number of hydrogen-bond acceptors (Lipinski definition) is 4. The number of nitrogens with zero attached hydrogens (tertiary/aromatic N) is 3. The summed E-state index contributed by atoms with van der Waals surface area (Å²) in [5, 5.41) is 6.51. The average molecular weight is 573 g/mol. The van der Waals surface area contributed by atoms with Gasteiger partial charge in [-0.1, -0.05) is 49.4 Å². The smallest absolute Gasteiger partial charge is 0.387 e. The highest BCUT2D eigenvalue weighted by molar-refractivity contribution is 14.0. The SMILES string of the molecule is CCN1CCN(Cc2ccccc2CNC(=NC)NCc2ccccc2OC(F)F)CC1.I. The number of halogens is 3. The van der Waals surface area contributed by atoms with Crippen LogP contribution in [0.15, 0.2) is 53.5 Å². The maximum atomic E-state index is 12.6. The van der Waals surface area contributed by atoms with Crippen LogP contribution in [-0.4, -0.2) is 62.1 Å². The Kier molecular flexibility index (Phi) is 11.8. The molecule has 0 bridgehead atoms. The summed E-state index contributed by atoms with van der Waals surface area (Å²) in [7, 11) is 1.69. The topological polar surface area (TPSA) is 52.1 Å². The maximum Gasteiger partial charge on any atom is 0.387 e. The average Bonchev–Trinajstić information content (AvgIpc) is 2.81. The van der Waals surface area contributed by atoms with Gasteiger partial charge in [0.15, 0.2) is 5.96 Å². The molecule has 1 heterocycles. The van der Waals surface area contributed by atoms with Crippen molar-refractivity contribution in [2.45, 2.75) is 33.2 Å². The number of hydrogen-bond donors (Lipinski definition) is 2. The van der Waals surface area contributed by atoms with Crippen LogP contribution in [0.5, 0.6) is 5.75 Å². The van der Waals surface area contributed by atoms with Crippen LogP contribution in [0.4, 0.5) is 8.78 Å². The molecule has 33 heavy (non-hydrogen) atoms. The van der Waals surface area contributed by atoms with E-state index in [0.29, 0.717) is 24.6 Å². The number of likely N-dealkylation sites (N-methyl/N-ethyl adjacent to an activating group) is 1. The van der Waals surface area contributed by atoms with Crippen molar-refractivity contribution in [3.05, 3.63) is 65.2 Å². The van der Waals surface area contributed by atoms with Crippen molar-refractivity contribution in [2.75, 3.05) is 39.8 Å². The number of guanidine groups is 1. The molecule has 0 aromatic heterocycles. The first kappa shape index (κ1) is 27.3. The van der Waals surface area contributed by atoms with Gasteiger partial charge < -0.3 is 20.3 Å². The molecule has 1 saturated heterocycles. The van der Waals surface area contributed by atoms with E-state index in [0.717, 1.165) is 39.3 Å². The molecule has 3 rings (SSSR count). The molecule has 2 aromatic carbocycles. The molecule has 6 nitrogen and oxygen atoms in total. The van der Waals surface area contributed by atoms with Crippen molar-refractivity contribution in [1.29, 1.82) is 0 Å². The van der Waals surface area contributed by atoms with Gasteiger partial charge in [0.1, 0.15) is 5.75 Å². The number of nitrogens with one attached hydrogen (secondary N) is 2. The summed E-state index contributed by atoms with van der Waals surface area (Å²) >= 11 is 0. The molecule has 0 amide bonds. The number of para-hydroxylation sites is 1. The van der Waals surface area contributed by atoms with Crippen molar-refractivity contribution in [3.63, 3.8) is 0 Å². The third-order valence-electron chi connectivity index (χ3n) is 5.73.